The van der Waals surface area contributed by atoms with Gasteiger partial charge in [-0.2, -0.15) is 5.10 Å². The number of hydrogen-bond donors (Lipinski definition) is 2. The number of nitrogens with zero attached hydrogens (tertiary/aromatic N) is 4. The molecule has 158 valence electrons. The number of aromatic nitrogens is 5. The summed E-state index contributed by atoms with van der Waals surface area (Å²) in [5.74, 6) is 0.996. The van der Waals surface area contributed by atoms with E-state index in [1.807, 2.05) is 19.4 Å². The quantitative estimate of drug-likeness (QED) is 0.506. The molecule has 1 aliphatic carbocycles. The Morgan fingerprint density at radius 3 is 2.81 bits per heavy atom. The van der Waals surface area contributed by atoms with Gasteiger partial charge in [0.15, 0.2) is 5.82 Å². The Labute approximate surface area is 180 Å². The van der Waals surface area contributed by atoms with E-state index in [9.17, 15) is 4.79 Å². The van der Waals surface area contributed by atoms with E-state index in [0.717, 1.165) is 41.6 Å². The van der Waals surface area contributed by atoms with Crippen molar-refractivity contribution in [3.05, 3.63) is 54.5 Å². The van der Waals surface area contributed by atoms with Gasteiger partial charge in [-0.1, -0.05) is 31.2 Å². The zero-order valence-electron chi connectivity index (χ0n) is 17.8. The molecule has 2 atom stereocenters. The highest BCUT2D eigenvalue weighted by Crippen LogP contribution is 2.34. The second-order valence-electron chi connectivity index (χ2n) is 8.35. The number of fused-ring (bicyclic) bond motifs is 1. The molecule has 0 bridgehead atoms. The molecule has 2 aromatic heterocycles. The second kappa shape index (κ2) is 7.98. The average Bonchev–Trinajstić information content (AvgIpc) is 3.53. The smallest absolute Gasteiger partial charge is 0.219 e. The third-order valence-electron chi connectivity index (χ3n) is 6.30. The fraction of sp³-hybridized carbons (Fsp3) is 0.333. The number of rotatable bonds is 5. The van der Waals surface area contributed by atoms with E-state index in [1.54, 1.807) is 0 Å². The maximum atomic E-state index is 11.7. The Bertz CT molecular complexity index is 1220. The van der Waals surface area contributed by atoms with Crippen LogP contribution in [0.25, 0.3) is 33.4 Å². The monoisotopic (exact) mass is 414 g/mol. The summed E-state index contributed by atoms with van der Waals surface area (Å²) in [5.41, 5.74) is 5.67. The average molecular weight is 415 g/mol. The van der Waals surface area contributed by atoms with E-state index in [0.29, 0.717) is 12.5 Å². The number of hydrogen-bond acceptors (Lipinski definition) is 4. The number of amides is 1. The van der Waals surface area contributed by atoms with Gasteiger partial charge in [0.1, 0.15) is 6.33 Å². The van der Waals surface area contributed by atoms with Gasteiger partial charge in [-0.3, -0.25) is 9.89 Å². The highest BCUT2D eigenvalue weighted by atomic mass is 16.1. The second-order valence-corrected chi connectivity index (χ2v) is 8.35. The Morgan fingerprint density at radius 2 is 2.00 bits per heavy atom. The van der Waals surface area contributed by atoms with Gasteiger partial charge in [0, 0.05) is 29.5 Å². The molecule has 0 aliphatic heterocycles. The topological polar surface area (TPSA) is 88.5 Å². The van der Waals surface area contributed by atoms with Crippen molar-refractivity contribution in [1.82, 2.24) is 30.3 Å². The molecule has 1 fully saturated rings. The Hall–Kier alpha value is -3.48. The van der Waals surface area contributed by atoms with Gasteiger partial charge in [0.25, 0.3) is 0 Å². The number of carbonyl (C=O) groups is 1. The zero-order chi connectivity index (χ0) is 21.4. The van der Waals surface area contributed by atoms with Crippen molar-refractivity contribution >= 4 is 16.8 Å². The minimum absolute atomic E-state index is 0.120. The van der Waals surface area contributed by atoms with E-state index in [2.05, 4.69) is 73.6 Å². The molecule has 31 heavy (non-hydrogen) atoms. The molecule has 1 saturated carbocycles. The lowest BCUT2D eigenvalue weighted by Gasteiger charge is -2.16. The van der Waals surface area contributed by atoms with Crippen molar-refractivity contribution in [3.63, 3.8) is 0 Å². The molecule has 7 heteroatoms. The first-order chi connectivity index (χ1) is 15.1. The first-order valence-corrected chi connectivity index (χ1v) is 10.9. The van der Waals surface area contributed by atoms with E-state index < -0.39 is 0 Å². The van der Waals surface area contributed by atoms with E-state index in [1.165, 1.54) is 16.7 Å². The summed E-state index contributed by atoms with van der Waals surface area (Å²) in [6, 6.07) is 13.3. The summed E-state index contributed by atoms with van der Waals surface area (Å²) >= 11 is 0. The third kappa shape index (κ3) is 3.71. The van der Waals surface area contributed by atoms with Gasteiger partial charge in [-0.15, -0.1) is 10.2 Å². The van der Waals surface area contributed by atoms with Crippen molar-refractivity contribution in [2.75, 3.05) is 0 Å². The number of benzene rings is 2. The van der Waals surface area contributed by atoms with Crippen LogP contribution in [0.3, 0.4) is 0 Å². The highest BCUT2D eigenvalue weighted by molar-refractivity contribution is 5.86. The molecule has 0 saturated heterocycles. The SMILES string of the molecule is CCC(=O)N[C@H]1CC[C@@H](n2cnnc2-c2ccc(-c3cc4cn[nH]c4cc3C)cc2)C1. The van der Waals surface area contributed by atoms with Gasteiger partial charge in [0.05, 0.1) is 11.7 Å². The summed E-state index contributed by atoms with van der Waals surface area (Å²) in [7, 11) is 0. The highest BCUT2D eigenvalue weighted by Gasteiger charge is 2.28. The van der Waals surface area contributed by atoms with Gasteiger partial charge < -0.3 is 9.88 Å². The van der Waals surface area contributed by atoms with Crippen molar-refractivity contribution in [3.8, 4) is 22.5 Å². The van der Waals surface area contributed by atoms with Crippen LogP contribution in [-0.4, -0.2) is 36.9 Å². The van der Waals surface area contributed by atoms with Crippen LogP contribution in [0.4, 0.5) is 0 Å². The zero-order valence-corrected chi connectivity index (χ0v) is 17.8. The Morgan fingerprint density at radius 1 is 1.19 bits per heavy atom. The lowest BCUT2D eigenvalue weighted by molar-refractivity contribution is -0.121. The molecular weight excluding hydrogens is 388 g/mol. The van der Waals surface area contributed by atoms with Crippen LogP contribution in [-0.2, 0) is 4.79 Å². The summed E-state index contributed by atoms with van der Waals surface area (Å²) in [6.07, 6.45) is 7.11. The van der Waals surface area contributed by atoms with E-state index in [4.69, 9.17) is 0 Å². The van der Waals surface area contributed by atoms with Crippen LogP contribution in [0.1, 0.15) is 44.2 Å². The van der Waals surface area contributed by atoms with Crippen molar-refractivity contribution in [1.29, 1.82) is 0 Å². The molecule has 5 rings (SSSR count). The number of carbonyl (C=O) groups excluding carboxylic acids is 1. The molecular formula is C24H26N6O. The number of H-pyrrole nitrogens is 1. The predicted molar refractivity (Wildman–Crippen MR) is 120 cm³/mol. The van der Waals surface area contributed by atoms with Crippen LogP contribution in [0, 0.1) is 6.92 Å². The lowest BCUT2D eigenvalue weighted by Crippen LogP contribution is -2.32. The first-order valence-electron chi connectivity index (χ1n) is 10.9. The van der Waals surface area contributed by atoms with Crippen LogP contribution in [0.5, 0.6) is 0 Å². The van der Waals surface area contributed by atoms with Crippen LogP contribution in [0.2, 0.25) is 0 Å². The van der Waals surface area contributed by atoms with Gasteiger partial charge >= 0.3 is 0 Å². The summed E-state index contributed by atoms with van der Waals surface area (Å²) < 4.78 is 2.16. The molecule has 0 radical (unpaired) electrons. The Balaban J connectivity index is 1.38. The van der Waals surface area contributed by atoms with Crippen molar-refractivity contribution < 1.29 is 4.79 Å². The lowest BCUT2D eigenvalue weighted by atomic mass is 9.98. The van der Waals surface area contributed by atoms with Crippen LogP contribution in [0.15, 0.2) is 48.9 Å². The summed E-state index contributed by atoms with van der Waals surface area (Å²) in [5, 5.41) is 20.0. The van der Waals surface area contributed by atoms with Gasteiger partial charge in [0.2, 0.25) is 5.91 Å². The largest absolute Gasteiger partial charge is 0.353 e. The number of nitrogens with one attached hydrogen (secondary N) is 2. The number of aryl methyl sites for hydroxylation is 1. The summed E-state index contributed by atoms with van der Waals surface area (Å²) in [4.78, 5) is 11.7. The first kappa shape index (κ1) is 19.5. The van der Waals surface area contributed by atoms with Crippen molar-refractivity contribution in [2.45, 2.75) is 51.6 Å². The predicted octanol–water partition coefficient (Wildman–Crippen LogP) is 4.42. The maximum absolute atomic E-state index is 11.7. The van der Waals surface area contributed by atoms with Crippen molar-refractivity contribution in [2.24, 2.45) is 0 Å². The maximum Gasteiger partial charge on any atom is 0.219 e. The molecule has 1 amide bonds. The fourth-order valence-electron chi connectivity index (χ4n) is 4.60. The molecule has 2 N–H and O–H groups in total. The normalized spacial score (nSPS) is 18.5. The molecule has 2 heterocycles. The van der Waals surface area contributed by atoms with Crippen LogP contribution >= 0.6 is 0 Å². The molecule has 4 aromatic rings. The molecule has 0 unspecified atom stereocenters. The minimum atomic E-state index is 0.120. The standard InChI is InChI=1S/C24H26N6O/c1-3-23(31)27-19-8-9-20(12-19)30-14-26-29-24(30)17-6-4-16(5-7-17)21-11-18-13-25-28-22(18)10-15(21)2/h4-7,10-11,13-14,19-20H,3,8-9,12H2,1-2H3,(H,25,28)(H,27,31)/t19-,20+/m0/s1. The third-order valence-corrected chi connectivity index (χ3v) is 6.30. The van der Waals surface area contributed by atoms with Gasteiger partial charge in [-0.25, -0.2) is 0 Å². The fourth-order valence-corrected chi connectivity index (χ4v) is 4.60. The molecule has 1 aliphatic rings. The molecule has 2 aromatic carbocycles. The molecule has 7 nitrogen and oxygen atoms in total. The van der Waals surface area contributed by atoms with E-state index >= 15 is 0 Å². The number of aromatic amines is 1. The van der Waals surface area contributed by atoms with E-state index in [-0.39, 0.29) is 11.9 Å². The summed E-state index contributed by atoms with van der Waals surface area (Å²) in [6.45, 7) is 4.01. The van der Waals surface area contributed by atoms with Crippen LogP contribution < -0.4 is 5.32 Å². The van der Waals surface area contributed by atoms with Gasteiger partial charge in [-0.05, 0) is 55.0 Å². The molecule has 0 spiro atoms. The Kier molecular flexibility index (Phi) is 5.02. The minimum Gasteiger partial charge on any atom is -0.353 e.